The van der Waals surface area contributed by atoms with E-state index in [1.165, 1.54) is 3.57 Å². The van der Waals surface area contributed by atoms with Gasteiger partial charge in [-0.25, -0.2) is 0 Å². The Morgan fingerprint density at radius 1 is 1.37 bits per heavy atom. The minimum absolute atomic E-state index is 0.0605. The Morgan fingerprint density at radius 2 is 2.00 bits per heavy atom. The predicted octanol–water partition coefficient (Wildman–Crippen LogP) is 3.48. The molecule has 0 amide bonds. The fourth-order valence-corrected chi connectivity index (χ4v) is 2.81. The van der Waals surface area contributed by atoms with Gasteiger partial charge in [0.1, 0.15) is 0 Å². The Hall–Kier alpha value is -0.590. The van der Waals surface area contributed by atoms with Crippen molar-refractivity contribution in [3.63, 3.8) is 0 Å². The van der Waals surface area contributed by atoms with Crippen LogP contribution in [0.15, 0.2) is 24.3 Å². The molecule has 2 N–H and O–H groups in total. The SMILES string of the molecule is CCc1nn(C)c(CC(N)c2ccc(I)cc2)c1Cl. The lowest BCUT2D eigenvalue weighted by Crippen LogP contribution is -2.15. The van der Waals surface area contributed by atoms with E-state index in [4.69, 9.17) is 17.3 Å². The van der Waals surface area contributed by atoms with Gasteiger partial charge in [0.25, 0.3) is 0 Å². The van der Waals surface area contributed by atoms with Gasteiger partial charge in [-0.2, -0.15) is 5.10 Å². The molecule has 1 atom stereocenters. The molecule has 5 heteroatoms. The summed E-state index contributed by atoms with van der Waals surface area (Å²) in [4.78, 5) is 0. The van der Waals surface area contributed by atoms with Crippen LogP contribution in [0.2, 0.25) is 5.02 Å². The van der Waals surface area contributed by atoms with Gasteiger partial charge in [-0.1, -0.05) is 30.7 Å². The monoisotopic (exact) mass is 389 g/mol. The molecular formula is C14H17ClIN3. The molecule has 0 aliphatic heterocycles. The van der Waals surface area contributed by atoms with Crippen LogP contribution in [0, 0.1) is 3.57 Å². The molecular weight excluding hydrogens is 373 g/mol. The average molecular weight is 390 g/mol. The first-order valence-corrected chi connectivity index (χ1v) is 7.69. The number of halogens is 2. The molecule has 0 spiro atoms. The van der Waals surface area contributed by atoms with E-state index in [-0.39, 0.29) is 6.04 Å². The average Bonchev–Trinajstić information content (AvgIpc) is 2.67. The zero-order chi connectivity index (χ0) is 14.0. The molecule has 102 valence electrons. The number of nitrogens with zero attached hydrogens (tertiary/aromatic N) is 2. The molecule has 1 aromatic heterocycles. The number of nitrogens with two attached hydrogens (primary N) is 1. The summed E-state index contributed by atoms with van der Waals surface area (Å²) in [5, 5.41) is 5.17. The van der Waals surface area contributed by atoms with Crippen LogP contribution in [0.1, 0.15) is 29.9 Å². The first kappa shape index (κ1) is 14.8. The number of benzene rings is 1. The van der Waals surface area contributed by atoms with Crippen LogP contribution in [0.4, 0.5) is 0 Å². The van der Waals surface area contributed by atoms with Crippen LogP contribution in [0.25, 0.3) is 0 Å². The summed E-state index contributed by atoms with van der Waals surface area (Å²) in [6, 6.07) is 8.21. The molecule has 0 fully saturated rings. The summed E-state index contributed by atoms with van der Waals surface area (Å²) < 4.78 is 3.05. The summed E-state index contributed by atoms with van der Waals surface area (Å²) in [5.74, 6) is 0. The van der Waals surface area contributed by atoms with Gasteiger partial charge in [0.2, 0.25) is 0 Å². The zero-order valence-corrected chi connectivity index (χ0v) is 13.9. The van der Waals surface area contributed by atoms with Gasteiger partial charge in [0.05, 0.1) is 16.4 Å². The van der Waals surface area contributed by atoms with Gasteiger partial charge < -0.3 is 5.73 Å². The maximum atomic E-state index is 6.35. The van der Waals surface area contributed by atoms with Crippen molar-refractivity contribution in [2.24, 2.45) is 12.8 Å². The molecule has 0 bridgehead atoms. The summed E-state index contributed by atoms with van der Waals surface area (Å²) in [5.41, 5.74) is 9.33. The molecule has 2 aromatic rings. The van der Waals surface area contributed by atoms with Crippen molar-refractivity contribution in [1.29, 1.82) is 0 Å². The molecule has 0 saturated heterocycles. The Morgan fingerprint density at radius 3 is 2.53 bits per heavy atom. The number of hydrogen-bond acceptors (Lipinski definition) is 2. The molecule has 1 heterocycles. The van der Waals surface area contributed by atoms with Gasteiger partial charge in [0, 0.05) is 23.1 Å². The lowest BCUT2D eigenvalue weighted by atomic mass is 10.0. The van der Waals surface area contributed by atoms with Crippen molar-refractivity contribution in [2.45, 2.75) is 25.8 Å². The third kappa shape index (κ3) is 3.30. The van der Waals surface area contributed by atoms with Crippen LogP contribution in [0.5, 0.6) is 0 Å². The molecule has 0 saturated carbocycles. The number of aryl methyl sites for hydroxylation is 2. The van der Waals surface area contributed by atoms with E-state index < -0.39 is 0 Å². The maximum Gasteiger partial charge on any atom is 0.0850 e. The topological polar surface area (TPSA) is 43.8 Å². The second-order valence-corrected chi connectivity index (χ2v) is 6.17. The molecule has 2 rings (SSSR count). The van der Waals surface area contributed by atoms with Gasteiger partial charge in [0.15, 0.2) is 0 Å². The fourth-order valence-electron chi connectivity index (χ4n) is 2.08. The molecule has 1 aromatic carbocycles. The van der Waals surface area contributed by atoms with Crippen molar-refractivity contribution in [1.82, 2.24) is 9.78 Å². The number of hydrogen-bond donors (Lipinski definition) is 1. The third-order valence-electron chi connectivity index (χ3n) is 3.21. The highest BCUT2D eigenvalue weighted by Crippen LogP contribution is 2.25. The lowest BCUT2D eigenvalue weighted by Gasteiger charge is -2.12. The zero-order valence-electron chi connectivity index (χ0n) is 11.0. The lowest BCUT2D eigenvalue weighted by molar-refractivity contribution is 0.638. The second kappa shape index (κ2) is 6.24. The first-order valence-electron chi connectivity index (χ1n) is 6.24. The first-order chi connectivity index (χ1) is 9.02. The summed E-state index contributed by atoms with van der Waals surface area (Å²) >= 11 is 8.63. The smallest absolute Gasteiger partial charge is 0.0850 e. The highest BCUT2D eigenvalue weighted by molar-refractivity contribution is 14.1. The number of rotatable bonds is 4. The van der Waals surface area contributed by atoms with Crippen LogP contribution in [-0.4, -0.2) is 9.78 Å². The Balaban J connectivity index is 2.21. The quantitative estimate of drug-likeness (QED) is 0.814. The molecule has 0 radical (unpaired) electrons. The highest BCUT2D eigenvalue weighted by Gasteiger charge is 2.16. The van der Waals surface area contributed by atoms with Crippen molar-refractivity contribution in [3.05, 3.63) is 49.8 Å². The molecule has 0 aliphatic rings. The third-order valence-corrected chi connectivity index (χ3v) is 4.37. The van der Waals surface area contributed by atoms with Crippen molar-refractivity contribution in [2.75, 3.05) is 0 Å². The predicted molar refractivity (Wildman–Crippen MR) is 87.4 cm³/mol. The Bertz CT molecular complexity index is 563. The van der Waals surface area contributed by atoms with Gasteiger partial charge >= 0.3 is 0 Å². The van der Waals surface area contributed by atoms with E-state index in [1.54, 1.807) is 0 Å². The molecule has 0 aliphatic carbocycles. The van der Waals surface area contributed by atoms with E-state index in [0.717, 1.165) is 28.4 Å². The van der Waals surface area contributed by atoms with Crippen molar-refractivity contribution >= 4 is 34.2 Å². The number of aromatic nitrogens is 2. The highest BCUT2D eigenvalue weighted by atomic mass is 127. The fraction of sp³-hybridized carbons (Fsp3) is 0.357. The van der Waals surface area contributed by atoms with Crippen LogP contribution < -0.4 is 5.73 Å². The normalized spacial score (nSPS) is 12.7. The standard InChI is InChI=1S/C14H17ClIN3/c1-3-12-14(15)13(19(2)18-12)8-11(17)9-4-6-10(16)7-5-9/h4-7,11H,3,8,17H2,1-2H3. The van der Waals surface area contributed by atoms with Crippen LogP contribution >= 0.6 is 34.2 Å². The largest absolute Gasteiger partial charge is 0.324 e. The maximum absolute atomic E-state index is 6.35. The van der Waals surface area contributed by atoms with E-state index in [9.17, 15) is 0 Å². The van der Waals surface area contributed by atoms with E-state index in [2.05, 4.69) is 58.9 Å². The Labute approximate surface area is 132 Å². The van der Waals surface area contributed by atoms with E-state index in [0.29, 0.717) is 6.42 Å². The van der Waals surface area contributed by atoms with E-state index in [1.807, 2.05) is 11.7 Å². The van der Waals surface area contributed by atoms with Crippen molar-refractivity contribution in [3.8, 4) is 0 Å². The van der Waals surface area contributed by atoms with Crippen LogP contribution in [-0.2, 0) is 19.9 Å². The minimum Gasteiger partial charge on any atom is -0.324 e. The molecule has 1 unspecified atom stereocenters. The molecule has 19 heavy (non-hydrogen) atoms. The Kier molecular flexibility index (Phi) is 4.86. The van der Waals surface area contributed by atoms with E-state index >= 15 is 0 Å². The minimum atomic E-state index is -0.0605. The summed E-state index contributed by atoms with van der Waals surface area (Å²) in [6.07, 6.45) is 1.54. The van der Waals surface area contributed by atoms with Gasteiger partial charge in [-0.15, -0.1) is 0 Å². The van der Waals surface area contributed by atoms with Crippen molar-refractivity contribution < 1.29 is 0 Å². The van der Waals surface area contributed by atoms with Gasteiger partial charge in [-0.3, -0.25) is 4.68 Å². The molecule has 3 nitrogen and oxygen atoms in total. The summed E-state index contributed by atoms with van der Waals surface area (Å²) in [6.45, 7) is 2.05. The summed E-state index contributed by atoms with van der Waals surface area (Å²) in [7, 11) is 1.92. The second-order valence-electron chi connectivity index (χ2n) is 4.55. The van der Waals surface area contributed by atoms with Gasteiger partial charge in [-0.05, 0) is 46.7 Å². The van der Waals surface area contributed by atoms with Crippen LogP contribution in [0.3, 0.4) is 0 Å².